The van der Waals surface area contributed by atoms with E-state index < -0.39 is 0 Å². The van der Waals surface area contributed by atoms with Crippen molar-refractivity contribution in [2.75, 3.05) is 19.8 Å². The highest BCUT2D eigenvalue weighted by molar-refractivity contribution is 5.74. The van der Waals surface area contributed by atoms with Crippen LogP contribution in [0.4, 0.5) is 4.79 Å². The molecule has 0 aliphatic heterocycles. The molecule has 1 aromatic carbocycles. The molecule has 1 aliphatic carbocycles. The zero-order valence-corrected chi connectivity index (χ0v) is 12.1. The molecule has 0 spiro atoms. The van der Waals surface area contributed by atoms with Gasteiger partial charge in [-0.25, -0.2) is 4.79 Å². The van der Waals surface area contributed by atoms with E-state index in [-0.39, 0.29) is 12.1 Å². The van der Waals surface area contributed by atoms with E-state index in [2.05, 4.69) is 22.8 Å². The molecule has 0 radical (unpaired) electrons. The van der Waals surface area contributed by atoms with Gasteiger partial charge in [0.05, 0.1) is 6.04 Å². The second-order valence-corrected chi connectivity index (χ2v) is 5.18. The Kier molecular flexibility index (Phi) is 5.87. The third-order valence-electron chi connectivity index (χ3n) is 3.49. The van der Waals surface area contributed by atoms with Gasteiger partial charge in [0.15, 0.2) is 0 Å². The van der Waals surface area contributed by atoms with E-state index in [1.165, 1.54) is 18.4 Å². The number of urea groups is 1. The van der Waals surface area contributed by atoms with Gasteiger partial charge in [-0.3, -0.25) is 0 Å². The summed E-state index contributed by atoms with van der Waals surface area (Å²) in [6, 6.07) is 10.3. The van der Waals surface area contributed by atoms with Gasteiger partial charge in [0.1, 0.15) is 0 Å². The zero-order chi connectivity index (χ0) is 14.2. The first kappa shape index (κ1) is 14.9. The Morgan fingerprint density at radius 3 is 2.75 bits per heavy atom. The van der Waals surface area contributed by atoms with Crippen LogP contribution in [0.25, 0.3) is 0 Å². The van der Waals surface area contributed by atoms with E-state index in [1.807, 2.05) is 25.1 Å². The SMILES string of the molecule is CCOCCCNC(=O)NC(c1ccccc1)C1CC1. The summed E-state index contributed by atoms with van der Waals surface area (Å²) < 4.78 is 5.24. The van der Waals surface area contributed by atoms with E-state index >= 15 is 0 Å². The first-order valence-electron chi connectivity index (χ1n) is 7.48. The summed E-state index contributed by atoms with van der Waals surface area (Å²) in [5.74, 6) is 0.589. The van der Waals surface area contributed by atoms with Crippen LogP contribution in [0.2, 0.25) is 0 Å². The van der Waals surface area contributed by atoms with Crippen LogP contribution in [-0.2, 0) is 4.74 Å². The van der Waals surface area contributed by atoms with Crippen LogP contribution in [-0.4, -0.2) is 25.8 Å². The lowest BCUT2D eigenvalue weighted by Gasteiger charge is -2.19. The van der Waals surface area contributed by atoms with Crippen molar-refractivity contribution in [3.63, 3.8) is 0 Å². The summed E-state index contributed by atoms with van der Waals surface area (Å²) >= 11 is 0. The maximum atomic E-state index is 11.9. The predicted molar refractivity (Wildman–Crippen MR) is 79.6 cm³/mol. The molecule has 1 unspecified atom stereocenters. The molecule has 4 heteroatoms. The highest BCUT2D eigenvalue weighted by Gasteiger charge is 2.33. The topological polar surface area (TPSA) is 50.4 Å². The number of benzene rings is 1. The number of ether oxygens (including phenoxy) is 1. The maximum absolute atomic E-state index is 11.9. The summed E-state index contributed by atoms with van der Waals surface area (Å²) in [4.78, 5) is 11.9. The average Bonchev–Trinajstić information content (AvgIpc) is 3.30. The molecule has 110 valence electrons. The van der Waals surface area contributed by atoms with Crippen LogP contribution in [0.5, 0.6) is 0 Å². The molecule has 1 aliphatic rings. The van der Waals surface area contributed by atoms with Crippen molar-refractivity contribution in [2.24, 2.45) is 5.92 Å². The van der Waals surface area contributed by atoms with Gasteiger partial charge in [0.2, 0.25) is 0 Å². The third kappa shape index (κ3) is 4.85. The second kappa shape index (κ2) is 7.90. The van der Waals surface area contributed by atoms with Crippen molar-refractivity contribution in [3.8, 4) is 0 Å². The minimum atomic E-state index is -0.0812. The Hall–Kier alpha value is -1.55. The molecule has 2 N–H and O–H groups in total. The van der Waals surface area contributed by atoms with Gasteiger partial charge in [-0.1, -0.05) is 30.3 Å². The Morgan fingerprint density at radius 2 is 2.10 bits per heavy atom. The van der Waals surface area contributed by atoms with Crippen molar-refractivity contribution in [1.82, 2.24) is 10.6 Å². The molecule has 0 saturated heterocycles. The normalized spacial score (nSPS) is 15.7. The van der Waals surface area contributed by atoms with Crippen molar-refractivity contribution >= 4 is 6.03 Å². The van der Waals surface area contributed by atoms with Gasteiger partial charge in [-0.2, -0.15) is 0 Å². The molecule has 2 rings (SSSR count). The van der Waals surface area contributed by atoms with E-state index in [1.54, 1.807) is 0 Å². The van der Waals surface area contributed by atoms with Crippen molar-refractivity contribution < 1.29 is 9.53 Å². The number of hydrogen-bond donors (Lipinski definition) is 2. The number of nitrogens with one attached hydrogen (secondary N) is 2. The maximum Gasteiger partial charge on any atom is 0.315 e. The summed E-state index contributed by atoms with van der Waals surface area (Å²) in [5.41, 5.74) is 1.19. The molecule has 1 fully saturated rings. The van der Waals surface area contributed by atoms with E-state index in [0.717, 1.165) is 13.0 Å². The molecule has 20 heavy (non-hydrogen) atoms. The van der Waals surface area contributed by atoms with E-state index in [0.29, 0.717) is 19.1 Å². The molecular formula is C16H24N2O2. The first-order chi connectivity index (χ1) is 9.81. The zero-order valence-electron chi connectivity index (χ0n) is 12.1. The number of carbonyl (C=O) groups excluding carboxylic acids is 1. The van der Waals surface area contributed by atoms with E-state index in [4.69, 9.17) is 4.74 Å². The molecular weight excluding hydrogens is 252 g/mol. The Bertz CT molecular complexity index is 404. The molecule has 4 nitrogen and oxygen atoms in total. The van der Waals surface area contributed by atoms with Gasteiger partial charge in [0.25, 0.3) is 0 Å². The van der Waals surface area contributed by atoms with Gasteiger partial charge in [-0.15, -0.1) is 0 Å². The van der Waals surface area contributed by atoms with Gasteiger partial charge in [-0.05, 0) is 37.7 Å². The fourth-order valence-electron chi connectivity index (χ4n) is 2.28. The van der Waals surface area contributed by atoms with Crippen molar-refractivity contribution in [1.29, 1.82) is 0 Å². The lowest BCUT2D eigenvalue weighted by atomic mass is 10.0. The lowest BCUT2D eigenvalue weighted by Crippen LogP contribution is -2.39. The summed E-state index contributed by atoms with van der Waals surface area (Å²) in [5, 5.41) is 5.99. The molecule has 1 aromatic rings. The number of rotatable bonds is 8. The minimum absolute atomic E-state index is 0.0812. The van der Waals surface area contributed by atoms with Crippen LogP contribution < -0.4 is 10.6 Å². The quantitative estimate of drug-likeness (QED) is 0.717. The summed E-state index contributed by atoms with van der Waals surface area (Å²) in [7, 11) is 0. The second-order valence-electron chi connectivity index (χ2n) is 5.18. The molecule has 2 amide bonds. The molecule has 0 aromatic heterocycles. The van der Waals surface area contributed by atoms with Crippen LogP contribution in [0.15, 0.2) is 30.3 Å². The monoisotopic (exact) mass is 276 g/mol. The van der Waals surface area contributed by atoms with Crippen LogP contribution >= 0.6 is 0 Å². The third-order valence-corrected chi connectivity index (χ3v) is 3.49. The highest BCUT2D eigenvalue weighted by atomic mass is 16.5. The molecule has 1 atom stereocenters. The van der Waals surface area contributed by atoms with Gasteiger partial charge < -0.3 is 15.4 Å². The first-order valence-corrected chi connectivity index (χ1v) is 7.48. The smallest absolute Gasteiger partial charge is 0.315 e. The largest absolute Gasteiger partial charge is 0.382 e. The van der Waals surface area contributed by atoms with Crippen LogP contribution in [0.1, 0.15) is 37.8 Å². The fourth-order valence-corrected chi connectivity index (χ4v) is 2.28. The highest BCUT2D eigenvalue weighted by Crippen LogP contribution is 2.40. The van der Waals surface area contributed by atoms with Crippen molar-refractivity contribution in [3.05, 3.63) is 35.9 Å². The lowest BCUT2D eigenvalue weighted by molar-refractivity contribution is 0.145. The Morgan fingerprint density at radius 1 is 1.35 bits per heavy atom. The number of amides is 2. The standard InChI is InChI=1S/C16H24N2O2/c1-2-20-12-6-11-17-16(19)18-15(14-9-10-14)13-7-4-3-5-8-13/h3-5,7-8,14-15H,2,6,9-12H2,1H3,(H2,17,18,19). The fraction of sp³-hybridized carbons (Fsp3) is 0.562. The van der Waals surface area contributed by atoms with E-state index in [9.17, 15) is 4.79 Å². The molecule has 1 saturated carbocycles. The van der Waals surface area contributed by atoms with Crippen LogP contribution in [0, 0.1) is 5.92 Å². The number of carbonyl (C=O) groups is 1. The summed E-state index contributed by atoms with van der Waals surface area (Å²) in [6.45, 7) is 4.05. The molecule has 0 heterocycles. The molecule has 0 bridgehead atoms. The Balaban J connectivity index is 1.76. The summed E-state index contributed by atoms with van der Waals surface area (Å²) in [6.07, 6.45) is 3.25. The Labute approximate surface area is 120 Å². The average molecular weight is 276 g/mol. The predicted octanol–water partition coefficient (Wildman–Crippen LogP) is 2.86. The van der Waals surface area contributed by atoms with Crippen molar-refractivity contribution in [2.45, 2.75) is 32.2 Å². The van der Waals surface area contributed by atoms with Gasteiger partial charge >= 0.3 is 6.03 Å². The van der Waals surface area contributed by atoms with Gasteiger partial charge in [0, 0.05) is 19.8 Å². The van der Waals surface area contributed by atoms with Crippen LogP contribution in [0.3, 0.4) is 0 Å². The minimum Gasteiger partial charge on any atom is -0.382 e. The number of hydrogen-bond acceptors (Lipinski definition) is 2.